The summed E-state index contributed by atoms with van der Waals surface area (Å²) in [6.07, 6.45) is -0.451. The monoisotopic (exact) mass is 565 g/mol. The molecule has 0 aliphatic heterocycles. The first-order chi connectivity index (χ1) is 19.3. The Morgan fingerprint density at radius 2 is 1.59 bits per heavy atom. The Hall–Kier alpha value is -3.57. The number of alkyl halides is 5. The van der Waals surface area contributed by atoms with Crippen molar-refractivity contribution in [3.8, 4) is 17.2 Å². The molecule has 1 fully saturated rings. The van der Waals surface area contributed by atoms with Crippen LogP contribution in [0.15, 0.2) is 83.5 Å². The number of nitriles is 1. The molecule has 0 radical (unpaired) electrons. The second-order valence-electron chi connectivity index (χ2n) is 11.9. The van der Waals surface area contributed by atoms with Crippen molar-refractivity contribution in [2.24, 2.45) is 17.3 Å². The van der Waals surface area contributed by atoms with Crippen molar-refractivity contribution >= 4 is 5.78 Å². The summed E-state index contributed by atoms with van der Waals surface area (Å²) in [5.41, 5.74) is 0.756. The van der Waals surface area contributed by atoms with E-state index >= 15 is 8.78 Å². The van der Waals surface area contributed by atoms with Crippen molar-refractivity contribution in [2.45, 2.75) is 62.6 Å². The van der Waals surface area contributed by atoms with E-state index in [0.29, 0.717) is 37.3 Å². The topological polar surface area (TPSA) is 61.1 Å². The molecule has 41 heavy (non-hydrogen) atoms. The number of nitrogens with zero attached hydrogens (tertiary/aromatic N) is 1. The first kappa shape index (κ1) is 27.6. The third-order valence-electron chi connectivity index (χ3n) is 9.90. The summed E-state index contributed by atoms with van der Waals surface area (Å²) < 4.78 is 71.3. The fourth-order valence-electron chi connectivity index (χ4n) is 7.77. The minimum Gasteiger partial charge on any atom is -0.378 e. The average molecular weight is 566 g/mol. The van der Waals surface area contributed by atoms with E-state index < -0.39 is 35.0 Å². The van der Waals surface area contributed by atoms with E-state index in [9.17, 15) is 23.1 Å². The van der Waals surface area contributed by atoms with Gasteiger partial charge >= 0.3 is 12.1 Å². The van der Waals surface area contributed by atoms with Gasteiger partial charge in [-0.1, -0.05) is 55.0 Å². The summed E-state index contributed by atoms with van der Waals surface area (Å²) >= 11 is 0. The smallest absolute Gasteiger partial charge is 0.378 e. The summed E-state index contributed by atoms with van der Waals surface area (Å²) in [5, 5.41) is 20.4. The van der Waals surface area contributed by atoms with Gasteiger partial charge in [-0.2, -0.15) is 27.2 Å². The molecule has 1 N–H and O–H groups in total. The molecule has 3 nitrogen and oxygen atoms in total. The van der Waals surface area contributed by atoms with Crippen molar-refractivity contribution in [1.29, 1.82) is 5.26 Å². The zero-order valence-electron chi connectivity index (χ0n) is 22.3. The van der Waals surface area contributed by atoms with Gasteiger partial charge in [0.1, 0.15) is 0 Å². The van der Waals surface area contributed by atoms with Gasteiger partial charge in [0, 0.05) is 17.8 Å². The second-order valence-corrected chi connectivity index (χ2v) is 11.9. The normalized spacial score (nSPS) is 31.2. The number of hydrogen-bond donors (Lipinski definition) is 1. The van der Waals surface area contributed by atoms with Crippen LogP contribution in [0, 0.1) is 28.6 Å². The summed E-state index contributed by atoms with van der Waals surface area (Å²) in [7, 11) is 0. The van der Waals surface area contributed by atoms with E-state index in [1.54, 1.807) is 18.2 Å². The molecule has 2 aromatic carbocycles. The standard InChI is InChI=1S/C33H28F5NO2/c1-30-17-27(22-8-6-21(7-9-22)20-4-2-19(18-39)3-5-20)29-25-13-11-24(40)16-23(25)10-12-26(29)28(30)14-15-31(30,41)32(34,35)33(36,37)38/h2-9,14-16,26-28,41H,10-13,17H2,1H3/t26?,27?,28?,30-,31?/m0/s1. The van der Waals surface area contributed by atoms with Gasteiger partial charge in [-0.3, -0.25) is 4.79 Å². The lowest BCUT2D eigenvalue weighted by Gasteiger charge is -2.56. The van der Waals surface area contributed by atoms with E-state index in [0.717, 1.165) is 33.4 Å². The minimum atomic E-state index is -5.92. The Labute approximate surface area is 234 Å². The van der Waals surface area contributed by atoms with Crippen molar-refractivity contribution in [3.05, 3.63) is 94.6 Å². The van der Waals surface area contributed by atoms with Crippen molar-refractivity contribution < 1.29 is 31.9 Å². The molecule has 4 unspecified atom stereocenters. The zero-order valence-corrected chi connectivity index (χ0v) is 22.3. The van der Waals surface area contributed by atoms with Crippen LogP contribution in [0.5, 0.6) is 0 Å². The molecule has 0 saturated heterocycles. The molecule has 0 amide bonds. The number of aliphatic hydroxyl groups is 1. The lowest BCUT2D eigenvalue weighted by atomic mass is 9.50. The number of carbonyl (C=O) groups excluding carboxylic acids is 1. The van der Waals surface area contributed by atoms with Crippen LogP contribution in [0.1, 0.15) is 56.1 Å². The highest BCUT2D eigenvalue weighted by Gasteiger charge is 2.77. The maximum absolute atomic E-state index is 15.1. The summed E-state index contributed by atoms with van der Waals surface area (Å²) in [4.78, 5) is 12.2. The Kier molecular flexibility index (Phi) is 6.20. The SMILES string of the molecule is C[C@]12CC(c3ccc(-c4ccc(C#N)cc4)cc3)C3=C4CCC(=O)C=C4CCC3C1C=CC2(O)C(F)(F)C(F)(F)F. The van der Waals surface area contributed by atoms with Gasteiger partial charge in [-0.15, -0.1) is 0 Å². The van der Waals surface area contributed by atoms with Crippen molar-refractivity contribution in [1.82, 2.24) is 0 Å². The molecule has 1 saturated carbocycles. The Morgan fingerprint density at radius 3 is 2.20 bits per heavy atom. The first-order valence-electron chi connectivity index (χ1n) is 13.7. The van der Waals surface area contributed by atoms with Crippen molar-refractivity contribution in [3.63, 3.8) is 0 Å². The van der Waals surface area contributed by atoms with Crippen LogP contribution in [0.25, 0.3) is 11.1 Å². The number of halogens is 5. The molecule has 212 valence electrons. The zero-order chi connectivity index (χ0) is 29.4. The average Bonchev–Trinajstić information content (AvgIpc) is 3.23. The molecule has 5 atom stereocenters. The predicted molar refractivity (Wildman–Crippen MR) is 143 cm³/mol. The molecule has 6 rings (SSSR count). The van der Waals surface area contributed by atoms with Gasteiger partial charge < -0.3 is 5.11 Å². The van der Waals surface area contributed by atoms with Crippen LogP contribution < -0.4 is 0 Å². The molecule has 0 spiro atoms. The van der Waals surface area contributed by atoms with Crippen molar-refractivity contribution in [2.75, 3.05) is 0 Å². The number of carbonyl (C=O) groups is 1. The summed E-state index contributed by atoms with van der Waals surface area (Å²) in [5.74, 6) is -6.88. The maximum Gasteiger partial charge on any atom is 0.456 e. The van der Waals surface area contributed by atoms with E-state index in [4.69, 9.17) is 5.26 Å². The van der Waals surface area contributed by atoms with E-state index in [2.05, 4.69) is 6.07 Å². The number of hydrogen-bond acceptors (Lipinski definition) is 3. The van der Waals surface area contributed by atoms with Crippen LogP contribution in [0.4, 0.5) is 22.0 Å². The van der Waals surface area contributed by atoms with Gasteiger partial charge in [0.15, 0.2) is 11.4 Å². The quantitative estimate of drug-likeness (QED) is 0.305. The maximum atomic E-state index is 15.1. The lowest BCUT2D eigenvalue weighted by Crippen LogP contribution is -2.65. The number of ketones is 1. The van der Waals surface area contributed by atoms with Crippen LogP contribution in [0.2, 0.25) is 0 Å². The van der Waals surface area contributed by atoms with Gasteiger partial charge in [-0.05, 0) is 89.6 Å². The van der Waals surface area contributed by atoms with Gasteiger partial charge in [0.05, 0.1) is 11.6 Å². The molecule has 0 heterocycles. The summed E-state index contributed by atoms with van der Waals surface area (Å²) in [6, 6.07) is 16.6. The fourth-order valence-corrected chi connectivity index (χ4v) is 7.77. The number of benzene rings is 2. The van der Waals surface area contributed by atoms with Gasteiger partial charge in [0.2, 0.25) is 0 Å². The first-order valence-corrected chi connectivity index (χ1v) is 13.7. The molecule has 8 heteroatoms. The Morgan fingerprint density at radius 1 is 0.951 bits per heavy atom. The molecule has 4 aliphatic rings. The molecule has 0 aromatic heterocycles. The highest BCUT2D eigenvalue weighted by Crippen LogP contribution is 2.68. The van der Waals surface area contributed by atoms with Gasteiger partial charge in [-0.25, -0.2) is 0 Å². The highest BCUT2D eigenvalue weighted by molar-refractivity contribution is 5.93. The van der Waals surface area contributed by atoms with Gasteiger partial charge in [0.25, 0.3) is 0 Å². The van der Waals surface area contributed by atoms with E-state index in [1.165, 1.54) is 13.0 Å². The van der Waals surface area contributed by atoms with Crippen LogP contribution in [-0.2, 0) is 4.79 Å². The Balaban J connectivity index is 1.47. The fraction of sp³-hybridized carbons (Fsp3) is 0.394. The highest BCUT2D eigenvalue weighted by atomic mass is 19.4. The Bertz CT molecular complexity index is 1540. The molecule has 4 aliphatic carbocycles. The molecular formula is C33H28F5NO2. The minimum absolute atomic E-state index is 0.0340. The predicted octanol–water partition coefficient (Wildman–Crippen LogP) is 7.83. The van der Waals surface area contributed by atoms with Crippen LogP contribution in [-0.4, -0.2) is 28.6 Å². The molecule has 2 aromatic rings. The molecular weight excluding hydrogens is 537 g/mol. The van der Waals surface area contributed by atoms with E-state index in [1.807, 2.05) is 36.4 Å². The number of rotatable bonds is 3. The summed E-state index contributed by atoms with van der Waals surface area (Å²) in [6.45, 7) is 1.37. The second kappa shape index (κ2) is 9.22. The number of allylic oxidation sites excluding steroid dienone is 5. The third kappa shape index (κ3) is 3.96. The lowest BCUT2D eigenvalue weighted by molar-refractivity contribution is -0.352. The van der Waals surface area contributed by atoms with E-state index in [-0.39, 0.29) is 18.1 Å². The van der Waals surface area contributed by atoms with Crippen LogP contribution in [0.3, 0.4) is 0 Å². The van der Waals surface area contributed by atoms with Crippen LogP contribution >= 0.6 is 0 Å². The molecule has 0 bridgehead atoms. The third-order valence-corrected chi connectivity index (χ3v) is 9.90. The largest absolute Gasteiger partial charge is 0.456 e. The number of fused-ring (bicyclic) bond motifs is 4.